The number of amides is 1. The highest BCUT2D eigenvalue weighted by Gasteiger charge is 2.20. The molecule has 2 aromatic carbocycles. The highest BCUT2D eigenvalue weighted by molar-refractivity contribution is 7.17. The van der Waals surface area contributed by atoms with Crippen LogP contribution in [0.3, 0.4) is 0 Å². The van der Waals surface area contributed by atoms with Gasteiger partial charge in [-0.2, -0.15) is 0 Å². The van der Waals surface area contributed by atoms with Crippen molar-refractivity contribution in [3.05, 3.63) is 71.1 Å². The van der Waals surface area contributed by atoms with Gasteiger partial charge in [-0.05, 0) is 47.7 Å². The van der Waals surface area contributed by atoms with E-state index in [4.69, 9.17) is 0 Å². The van der Waals surface area contributed by atoms with Gasteiger partial charge in [0.15, 0.2) is 0 Å². The number of hydrogen-bond acceptors (Lipinski definition) is 2. The molecular formula is C21H23NOS. The number of rotatable bonds is 6. The highest BCUT2D eigenvalue weighted by Crippen LogP contribution is 2.27. The molecule has 1 N–H and O–H groups in total. The van der Waals surface area contributed by atoms with Crippen LogP contribution in [0.5, 0.6) is 0 Å². The Balaban J connectivity index is 1.67. The number of hydrogen-bond donors (Lipinski definition) is 1. The molecule has 0 radical (unpaired) electrons. The maximum absolute atomic E-state index is 12.7. The molecule has 0 saturated carbocycles. The van der Waals surface area contributed by atoms with Crippen LogP contribution in [0.2, 0.25) is 0 Å². The molecule has 0 unspecified atom stereocenters. The molecule has 2 nitrogen and oxygen atoms in total. The standard InChI is InChI=1S/C21H23NOS/c1-3-18(16-9-5-4-6-10-16)21(23)22-15(2)13-17-14-24-20-12-8-7-11-19(17)20/h4-12,14-15,18H,3,13H2,1-2H3,(H,22,23)/t15-,18+/m1/s1. The minimum atomic E-state index is -0.0760. The fraction of sp³-hybridized carbons (Fsp3) is 0.286. The predicted molar refractivity (Wildman–Crippen MR) is 103 cm³/mol. The number of fused-ring (bicyclic) bond motifs is 1. The summed E-state index contributed by atoms with van der Waals surface area (Å²) in [5, 5.41) is 6.71. The number of carbonyl (C=O) groups excluding carboxylic acids is 1. The molecule has 0 aliphatic heterocycles. The van der Waals surface area contributed by atoms with E-state index in [1.807, 2.05) is 30.3 Å². The number of thiophene rings is 1. The summed E-state index contributed by atoms with van der Waals surface area (Å²) in [6.07, 6.45) is 1.67. The van der Waals surface area contributed by atoms with E-state index in [1.165, 1.54) is 15.6 Å². The molecule has 3 rings (SSSR count). The van der Waals surface area contributed by atoms with E-state index in [-0.39, 0.29) is 17.9 Å². The van der Waals surface area contributed by atoms with Crippen LogP contribution in [0.15, 0.2) is 60.0 Å². The third-order valence-corrected chi connectivity index (χ3v) is 5.41. The van der Waals surface area contributed by atoms with Crippen LogP contribution < -0.4 is 5.32 Å². The van der Waals surface area contributed by atoms with Crippen molar-refractivity contribution in [1.29, 1.82) is 0 Å². The number of carbonyl (C=O) groups is 1. The zero-order chi connectivity index (χ0) is 16.9. The summed E-state index contributed by atoms with van der Waals surface area (Å²) in [6.45, 7) is 4.15. The van der Waals surface area contributed by atoms with Crippen LogP contribution >= 0.6 is 11.3 Å². The Hall–Kier alpha value is -2.13. The van der Waals surface area contributed by atoms with Crippen LogP contribution in [-0.2, 0) is 11.2 Å². The quantitative estimate of drug-likeness (QED) is 0.663. The van der Waals surface area contributed by atoms with E-state index < -0.39 is 0 Å². The number of nitrogens with one attached hydrogen (secondary N) is 1. The Labute approximate surface area is 147 Å². The summed E-state index contributed by atoms with van der Waals surface area (Å²) in [5.41, 5.74) is 2.40. The second-order valence-electron chi connectivity index (χ2n) is 6.24. The minimum absolute atomic E-state index is 0.0760. The summed E-state index contributed by atoms with van der Waals surface area (Å²) in [4.78, 5) is 12.7. The first-order valence-electron chi connectivity index (χ1n) is 8.49. The fourth-order valence-corrected chi connectivity index (χ4v) is 4.15. The summed E-state index contributed by atoms with van der Waals surface area (Å²) in [6, 6.07) is 18.6. The maximum atomic E-state index is 12.7. The van der Waals surface area contributed by atoms with Gasteiger partial charge in [-0.1, -0.05) is 55.5 Å². The molecule has 3 aromatic rings. The van der Waals surface area contributed by atoms with Gasteiger partial charge in [0, 0.05) is 10.7 Å². The third-order valence-electron chi connectivity index (χ3n) is 4.40. The van der Waals surface area contributed by atoms with Crippen LogP contribution in [0.25, 0.3) is 10.1 Å². The first-order valence-corrected chi connectivity index (χ1v) is 9.37. The summed E-state index contributed by atoms with van der Waals surface area (Å²) < 4.78 is 1.31. The Bertz CT molecular complexity index is 809. The van der Waals surface area contributed by atoms with Crippen LogP contribution in [0.1, 0.15) is 37.3 Å². The second-order valence-corrected chi connectivity index (χ2v) is 7.15. The Morgan fingerprint density at radius 1 is 1.08 bits per heavy atom. The molecule has 124 valence electrons. The van der Waals surface area contributed by atoms with Gasteiger partial charge < -0.3 is 5.32 Å². The third kappa shape index (κ3) is 3.68. The Morgan fingerprint density at radius 2 is 1.79 bits per heavy atom. The van der Waals surface area contributed by atoms with E-state index >= 15 is 0 Å². The summed E-state index contributed by atoms with van der Waals surface area (Å²) in [7, 11) is 0. The van der Waals surface area contributed by atoms with Gasteiger partial charge >= 0.3 is 0 Å². The lowest BCUT2D eigenvalue weighted by Gasteiger charge is -2.19. The summed E-state index contributed by atoms with van der Waals surface area (Å²) in [5.74, 6) is 0.0450. The Morgan fingerprint density at radius 3 is 2.54 bits per heavy atom. The zero-order valence-electron chi connectivity index (χ0n) is 14.2. The molecule has 1 amide bonds. The predicted octanol–water partition coefficient (Wildman–Crippen LogP) is 5.14. The largest absolute Gasteiger partial charge is 0.353 e. The molecule has 0 aliphatic rings. The lowest BCUT2D eigenvalue weighted by Crippen LogP contribution is -2.37. The molecule has 1 heterocycles. The van der Waals surface area contributed by atoms with E-state index in [0.29, 0.717) is 0 Å². The smallest absolute Gasteiger partial charge is 0.227 e. The van der Waals surface area contributed by atoms with E-state index in [9.17, 15) is 4.79 Å². The summed E-state index contributed by atoms with van der Waals surface area (Å²) >= 11 is 1.77. The Kier molecular flexibility index (Phi) is 5.31. The molecule has 0 saturated heterocycles. The van der Waals surface area contributed by atoms with Crippen molar-refractivity contribution < 1.29 is 4.79 Å². The van der Waals surface area contributed by atoms with Gasteiger partial charge in [0.05, 0.1) is 5.92 Å². The number of benzene rings is 2. The topological polar surface area (TPSA) is 29.1 Å². The van der Waals surface area contributed by atoms with Crippen molar-refractivity contribution >= 4 is 27.3 Å². The van der Waals surface area contributed by atoms with Crippen LogP contribution in [0.4, 0.5) is 0 Å². The van der Waals surface area contributed by atoms with Crippen molar-refractivity contribution in [2.75, 3.05) is 0 Å². The molecule has 3 heteroatoms. The molecule has 24 heavy (non-hydrogen) atoms. The van der Waals surface area contributed by atoms with Gasteiger partial charge in [0.1, 0.15) is 0 Å². The van der Waals surface area contributed by atoms with E-state index in [0.717, 1.165) is 18.4 Å². The van der Waals surface area contributed by atoms with Crippen LogP contribution in [0, 0.1) is 0 Å². The molecule has 0 aliphatic carbocycles. The van der Waals surface area contributed by atoms with Gasteiger partial charge in [-0.15, -0.1) is 11.3 Å². The molecule has 0 spiro atoms. The SMILES string of the molecule is CC[C@H](C(=O)N[C@H](C)Cc1csc2ccccc12)c1ccccc1. The van der Waals surface area contributed by atoms with Crippen molar-refractivity contribution in [3.8, 4) is 0 Å². The molecule has 1 aromatic heterocycles. The van der Waals surface area contributed by atoms with Gasteiger partial charge in [-0.25, -0.2) is 0 Å². The fourth-order valence-electron chi connectivity index (χ4n) is 3.17. The van der Waals surface area contributed by atoms with Crippen molar-refractivity contribution in [1.82, 2.24) is 5.32 Å². The van der Waals surface area contributed by atoms with E-state index in [1.54, 1.807) is 11.3 Å². The average Bonchev–Trinajstić information content (AvgIpc) is 2.99. The highest BCUT2D eigenvalue weighted by atomic mass is 32.1. The second kappa shape index (κ2) is 7.63. The molecule has 2 atom stereocenters. The van der Waals surface area contributed by atoms with Gasteiger partial charge in [0.2, 0.25) is 5.91 Å². The average molecular weight is 337 g/mol. The normalized spacial score (nSPS) is 13.6. The van der Waals surface area contributed by atoms with Crippen molar-refractivity contribution in [3.63, 3.8) is 0 Å². The lowest BCUT2D eigenvalue weighted by molar-refractivity contribution is -0.123. The molecular weight excluding hydrogens is 314 g/mol. The maximum Gasteiger partial charge on any atom is 0.227 e. The van der Waals surface area contributed by atoms with Crippen molar-refractivity contribution in [2.24, 2.45) is 0 Å². The van der Waals surface area contributed by atoms with Crippen LogP contribution in [-0.4, -0.2) is 11.9 Å². The van der Waals surface area contributed by atoms with E-state index in [2.05, 4.69) is 48.8 Å². The first-order chi connectivity index (χ1) is 11.7. The molecule has 0 bridgehead atoms. The van der Waals surface area contributed by atoms with Crippen molar-refractivity contribution in [2.45, 2.75) is 38.6 Å². The molecule has 0 fully saturated rings. The lowest BCUT2D eigenvalue weighted by atomic mass is 9.95. The minimum Gasteiger partial charge on any atom is -0.353 e. The van der Waals surface area contributed by atoms with Gasteiger partial charge in [-0.3, -0.25) is 4.79 Å². The van der Waals surface area contributed by atoms with Gasteiger partial charge in [0.25, 0.3) is 0 Å². The zero-order valence-corrected chi connectivity index (χ0v) is 15.0. The monoisotopic (exact) mass is 337 g/mol. The first kappa shape index (κ1) is 16.7.